The molecule has 88 valence electrons. The average Bonchev–Trinajstić information content (AvgIpc) is 2.26. The Morgan fingerprint density at radius 3 is 2.81 bits per heavy atom. The molecule has 0 aliphatic carbocycles. The van der Waals surface area contributed by atoms with Crippen LogP contribution in [-0.2, 0) is 4.74 Å². The number of hydrogen-bond acceptors (Lipinski definition) is 4. The minimum Gasteiger partial charge on any atom is -0.489 e. The van der Waals surface area contributed by atoms with Gasteiger partial charge in [0.15, 0.2) is 0 Å². The number of hydrogen-bond donors (Lipinski definition) is 2. The summed E-state index contributed by atoms with van der Waals surface area (Å²) >= 11 is 0. The Hall–Kier alpha value is -1.75. The summed E-state index contributed by atoms with van der Waals surface area (Å²) in [5, 5.41) is 8.79. The van der Waals surface area contributed by atoms with Gasteiger partial charge in [-0.3, -0.25) is 0 Å². The van der Waals surface area contributed by atoms with Crippen molar-refractivity contribution in [3.63, 3.8) is 0 Å². The van der Waals surface area contributed by atoms with Crippen LogP contribution < -0.4 is 10.5 Å². The van der Waals surface area contributed by atoms with Gasteiger partial charge in [-0.2, -0.15) is 0 Å². The number of ether oxygens (including phenoxy) is 2. The number of rotatable bonds is 6. The fourth-order valence-corrected chi connectivity index (χ4v) is 1.15. The van der Waals surface area contributed by atoms with Gasteiger partial charge in [-0.05, 0) is 25.1 Å². The Balaban J connectivity index is 2.63. The van der Waals surface area contributed by atoms with E-state index in [9.17, 15) is 4.79 Å². The molecule has 0 saturated heterocycles. The van der Waals surface area contributed by atoms with Crippen molar-refractivity contribution in [3.8, 4) is 5.75 Å². The highest BCUT2D eigenvalue weighted by Crippen LogP contribution is 2.22. The molecule has 0 aliphatic rings. The second-order valence-corrected chi connectivity index (χ2v) is 3.10. The first-order valence-electron chi connectivity index (χ1n) is 4.98. The van der Waals surface area contributed by atoms with Crippen LogP contribution in [-0.4, -0.2) is 30.9 Å². The molecular weight excluding hydrogens is 210 g/mol. The van der Waals surface area contributed by atoms with Gasteiger partial charge in [0.05, 0.1) is 17.9 Å². The van der Waals surface area contributed by atoms with Crippen LogP contribution in [0.4, 0.5) is 5.69 Å². The third-order valence-corrected chi connectivity index (χ3v) is 1.95. The van der Waals surface area contributed by atoms with E-state index in [1.807, 2.05) is 6.92 Å². The standard InChI is InChI=1S/C11H15NO4/c1-2-15-5-6-16-10-7-8(11(13)14)3-4-9(10)12/h3-4,7H,2,5-6,12H2,1H3,(H,13,14). The number of nitrogens with two attached hydrogens (primary N) is 1. The van der Waals surface area contributed by atoms with E-state index in [0.717, 1.165) is 0 Å². The minimum absolute atomic E-state index is 0.153. The van der Waals surface area contributed by atoms with Crippen molar-refractivity contribution in [2.24, 2.45) is 0 Å². The van der Waals surface area contributed by atoms with Crippen LogP contribution in [0.1, 0.15) is 17.3 Å². The fraction of sp³-hybridized carbons (Fsp3) is 0.364. The van der Waals surface area contributed by atoms with E-state index in [1.54, 1.807) is 0 Å². The van der Waals surface area contributed by atoms with Gasteiger partial charge in [-0.15, -0.1) is 0 Å². The summed E-state index contributed by atoms with van der Waals surface area (Å²) in [7, 11) is 0. The Labute approximate surface area is 93.8 Å². The van der Waals surface area contributed by atoms with Crippen molar-refractivity contribution in [2.45, 2.75) is 6.92 Å². The van der Waals surface area contributed by atoms with Crippen molar-refractivity contribution in [1.29, 1.82) is 0 Å². The van der Waals surface area contributed by atoms with Crippen LogP contribution in [0.15, 0.2) is 18.2 Å². The first kappa shape index (κ1) is 12.3. The Morgan fingerprint density at radius 1 is 1.44 bits per heavy atom. The molecule has 1 aromatic rings. The van der Waals surface area contributed by atoms with E-state index in [2.05, 4.69) is 0 Å². The number of aromatic carboxylic acids is 1. The maximum absolute atomic E-state index is 10.7. The molecule has 0 unspecified atom stereocenters. The first-order chi connectivity index (χ1) is 7.65. The second-order valence-electron chi connectivity index (χ2n) is 3.10. The molecule has 0 spiro atoms. The number of anilines is 1. The zero-order valence-electron chi connectivity index (χ0n) is 9.10. The van der Waals surface area contributed by atoms with Crippen molar-refractivity contribution in [3.05, 3.63) is 23.8 Å². The van der Waals surface area contributed by atoms with Gasteiger partial charge in [-0.25, -0.2) is 4.79 Å². The molecule has 0 saturated carbocycles. The molecule has 0 radical (unpaired) electrons. The lowest BCUT2D eigenvalue weighted by molar-refractivity contribution is 0.0696. The van der Waals surface area contributed by atoms with E-state index in [0.29, 0.717) is 31.3 Å². The summed E-state index contributed by atoms with van der Waals surface area (Å²) in [6.45, 7) is 3.31. The normalized spacial score (nSPS) is 10.1. The minimum atomic E-state index is -1.00. The van der Waals surface area contributed by atoms with Gasteiger partial charge in [0.2, 0.25) is 0 Å². The highest BCUT2D eigenvalue weighted by atomic mass is 16.5. The number of carbonyl (C=O) groups is 1. The quantitative estimate of drug-likeness (QED) is 0.564. The number of carboxylic acid groups (broad SMARTS) is 1. The molecule has 0 aliphatic heterocycles. The summed E-state index contributed by atoms with van der Waals surface area (Å²) in [5.41, 5.74) is 6.22. The van der Waals surface area contributed by atoms with Gasteiger partial charge in [-0.1, -0.05) is 0 Å². The number of carboxylic acids is 1. The Morgan fingerprint density at radius 2 is 2.19 bits per heavy atom. The lowest BCUT2D eigenvalue weighted by Gasteiger charge is -2.09. The van der Waals surface area contributed by atoms with Gasteiger partial charge in [0, 0.05) is 6.61 Å². The molecule has 1 rings (SSSR count). The number of benzene rings is 1. The van der Waals surface area contributed by atoms with E-state index >= 15 is 0 Å². The van der Waals surface area contributed by atoms with Crippen LogP contribution in [0.5, 0.6) is 5.75 Å². The van der Waals surface area contributed by atoms with Crippen LogP contribution in [0.25, 0.3) is 0 Å². The molecule has 1 aromatic carbocycles. The zero-order chi connectivity index (χ0) is 12.0. The van der Waals surface area contributed by atoms with Crippen LogP contribution in [0.3, 0.4) is 0 Å². The molecule has 0 fully saturated rings. The highest BCUT2D eigenvalue weighted by molar-refractivity contribution is 5.89. The molecule has 0 heterocycles. The topological polar surface area (TPSA) is 81.8 Å². The average molecular weight is 225 g/mol. The van der Waals surface area contributed by atoms with E-state index in [-0.39, 0.29) is 5.56 Å². The molecule has 3 N–H and O–H groups in total. The molecular formula is C11H15NO4. The maximum atomic E-state index is 10.7. The van der Waals surface area contributed by atoms with Crippen LogP contribution in [0.2, 0.25) is 0 Å². The molecule has 0 aromatic heterocycles. The molecule has 0 atom stereocenters. The molecule has 0 bridgehead atoms. The van der Waals surface area contributed by atoms with Gasteiger partial charge < -0.3 is 20.3 Å². The lowest BCUT2D eigenvalue weighted by atomic mass is 10.2. The lowest BCUT2D eigenvalue weighted by Crippen LogP contribution is -2.08. The van der Waals surface area contributed by atoms with Crippen molar-refractivity contribution >= 4 is 11.7 Å². The smallest absolute Gasteiger partial charge is 0.335 e. The van der Waals surface area contributed by atoms with E-state index < -0.39 is 5.97 Å². The number of nitrogen functional groups attached to an aromatic ring is 1. The van der Waals surface area contributed by atoms with Crippen molar-refractivity contribution in [1.82, 2.24) is 0 Å². The zero-order valence-corrected chi connectivity index (χ0v) is 9.10. The Bertz CT molecular complexity index is 365. The monoisotopic (exact) mass is 225 g/mol. The molecule has 5 heteroatoms. The first-order valence-corrected chi connectivity index (χ1v) is 4.98. The summed E-state index contributed by atoms with van der Waals surface area (Å²) in [5.74, 6) is -0.630. The molecule has 5 nitrogen and oxygen atoms in total. The summed E-state index contributed by atoms with van der Waals surface area (Å²) in [4.78, 5) is 10.7. The summed E-state index contributed by atoms with van der Waals surface area (Å²) in [6, 6.07) is 4.36. The summed E-state index contributed by atoms with van der Waals surface area (Å²) in [6.07, 6.45) is 0. The van der Waals surface area contributed by atoms with Crippen molar-refractivity contribution in [2.75, 3.05) is 25.6 Å². The van der Waals surface area contributed by atoms with Gasteiger partial charge in [0.25, 0.3) is 0 Å². The fourth-order valence-electron chi connectivity index (χ4n) is 1.15. The largest absolute Gasteiger partial charge is 0.489 e. The SMILES string of the molecule is CCOCCOc1cc(C(=O)O)ccc1N. The maximum Gasteiger partial charge on any atom is 0.335 e. The Kier molecular flexibility index (Phi) is 4.60. The summed E-state index contributed by atoms with van der Waals surface area (Å²) < 4.78 is 10.4. The molecule has 16 heavy (non-hydrogen) atoms. The third kappa shape index (κ3) is 3.43. The van der Waals surface area contributed by atoms with Crippen LogP contribution in [0, 0.1) is 0 Å². The van der Waals surface area contributed by atoms with E-state index in [1.165, 1.54) is 18.2 Å². The third-order valence-electron chi connectivity index (χ3n) is 1.95. The second kappa shape index (κ2) is 5.97. The van der Waals surface area contributed by atoms with Crippen LogP contribution >= 0.6 is 0 Å². The highest BCUT2D eigenvalue weighted by Gasteiger charge is 2.07. The van der Waals surface area contributed by atoms with Gasteiger partial charge in [0.1, 0.15) is 12.4 Å². The van der Waals surface area contributed by atoms with E-state index in [4.69, 9.17) is 20.3 Å². The predicted molar refractivity (Wildman–Crippen MR) is 59.8 cm³/mol. The van der Waals surface area contributed by atoms with Crippen molar-refractivity contribution < 1.29 is 19.4 Å². The van der Waals surface area contributed by atoms with Gasteiger partial charge >= 0.3 is 5.97 Å². The predicted octanol–water partition coefficient (Wildman–Crippen LogP) is 1.38. The molecule has 0 amide bonds.